The van der Waals surface area contributed by atoms with E-state index in [9.17, 15) is 14.4 Å². The van der Waals surface area contributed by atoms with Gasteiger partial charge in [-0.3, -0.25) is 14.4 Å². The van der Waals surface area contributed by atoms with Gasteiger partial charge < -0.3 is 9.47 Å². The summed E-state index contributed by atoms with van der Waals surface area (Å²) in [5.41, 5.74) is 2.36. The van der Waals surface area contributed by atoms with Crippen LogP contribution in [0.1, 0.15) is 28.9 Å². The number of anilines is 2. The summed E-state index contributed by atoms with van der Waals surface area (Å²) in [5, 5.41) is 1.63. The van der Waals surface area contributed by atoms with Crippen LogP contribution < -0.4 is 19.4 Å². The molecule has 4 aromatic rings. The van der Waals surface area contributed by atoms with Gasteiger partial charge >= 0.3 is 5.97 Å². The van der Waals surface area contributed by atoms with Gasteiger partial charge in [0.25, 0.3) is 5.91 Å². The average molecular weight is 535 g/mol. The Balaban J connectivity index is 1.30. The lowest BCUT2D eigenvalue weighted by Gasteiger charge is -2.28. The summed E-state index contributed by atoms with van der Waals surface area (Å²) < 4.78 is 11.0. The van der Waals surface area contributed by atoms with Crippen molar-refractivity contribution >= 4 is 29.2 Å². The zero-order valence-corrected chi connectivity index (χ0v) is 21.7. The second kappa shape index (κ2) is 10.7. The minimum absolute atomic E-state index is 0.345. The Morgan fingerprint density at radius 1 is 0.750 bits per heavy atom. The Morgan fingerprint density at radius 2 is 1.38 bits per heavy atom. The number of imide groups is 1. The molecule has 2 saturated heterocycles. The first kappa shape index (κ1) is 25.3. The van der Waals surface area contributed by atoms with Crippen molar-refractivity contribution in [3.8, 4) is 11.5 Å². The van der Waals surface area contributed by atoms with Crippen molar-refractivity contribution in [2.45, 2.75) is 19.1 Å². The maximum Gasteiger partial charge on any atom is 0.343 e. The van der Waals surface area contributed by atoms with Gasteiger partial charge in [0.1, 0.15) is 17.4 Å². The summed E-state index contributed by atoms with van der Waals surface area (Å²) in [4.78, 5) is 47.3. The number of carbonyl (C=O) groups excluding carboxylic acids is 3. The van der Waals surface area contributed by atoms with Crippen LogP contribution in [-0.2, 0) is 14.4 Å². The van der Waals surface area contributed by atoms with Gasteiger partial charge in [0.15, 0.2) is 6.10 Å². The Labute approximate surface area is 231 Å². The van der Waals surface area contributed by atoms with Crippen molar-refractivity contribution in [1.29, 1.82) is 0 Å². The van der Waals surface area contributed by atoms with E-state index in [1.54, 1.807) is 77.9 Å². The van der Waals surface area contributed by atoms with Gasteiger partial charge in [0, 0.05) is 0 Å². The van der Waals surface area contributed by atoms with E-state index in [1.165, 1.54) is 4.90 Å². The molecule has 2 heterocycles. The minimum Gasteiger partial charge on any atom is -0.494 e. The molecule has 40 heavy (non-hydrogen) atoms. The standard InChI is InChI=1S/C32H26N2O6/c1-2-38-25-19-15-23(16-20-25)33-30(35)27-28(34(40-29(27)31(33)36)24-11-7-4-8-12-24)21-13-17-26(18-14-21)39-32(37)22-9-5-3-6-10-22/h3-20,27-29H,2H2,1H3/t27-,28-,29-/m0/s1. The van der Waals surface area contributed by atoms with Gasteiger partial charge in [0.2, 0.25) is 5.91 Å². The van der Waals surface area contributed by atoms with Crippen LogP contribution in [-0.4, -0.2) is 30.5 Å². The van der Waals surface area contributed by atoms with Crippen LogP contribution in [0.3, 0.4) is 0 Å². The van der Waals surface area contributed by atoms with Gasteiger partial charge in [-0.05, 0) is 73.2 Å². The third kappa shape index (κ3) is 4.58. The maximum atomic E-state index is 13.8. The molecule has 0 aromatic heterocycles. The number of carbonyl (C=O) groups is 3. The fourth-order valence-electron chi connectivity index (χ4n) is 5.14. The number of rotatable bonds is 7. The number of hydrogen-bond donors (Lipinski definition) is 0. The first-order valence-corrected chi connectivity index (χ1v) is 13.0. The van der Waals surface area contributed by atoms with Crippen molar-refractivity contribution in [3.05, 3.63) is 120 Å². The van der Waals surface area contributed by atoms with Crippen molar-refractivity contribution in [3.63, 3.8) is 0 Å². The average Bonchev–Trinajstić information content (AvgIpc) is 3.50. The van der Waals surface area contributed by atoms with E-state index in [2.05, 4.69) is 0 Å². The van der Waals surface area contributed by atoms with Gasteiger partial charge in [-0.2, -0.15) is 0 Å². The molecule has 0 spiro atoms. The molecule has 6 rings (SSSR count). The van der Waals surface area contributed by atoms with Crippen molar-refractivity contribution in [2.24, 2.45) is 5.92 Å². The van der Waals surface area contributed by atoms with Crippen LogP contribution in [0.25, 0.3) is 0 Å². The number of hydrogen-bond acceptors (Lipinski definition) is 7. The zero-order valence-electron chi connectivity index (χ0n) is 21.7. The van der Waals surface area contributed by atoms with Gasteiger partial charge in [-0.1, -0.05) is 48.5 Å². The van der Waals surface area contributed by atoms with Crippen LogP contribution >= 0.6 is 0 Å². The summed E-state index contributed by atoms with van der Waals surface area (Å²) in [6, 6.07) is 31.3. The van der Waals surface area contributed by atoms with E-state index in [0.717, 1.165) is 11.3 Å². The highest BCUT2D eigenvalue weighted by Crippen LogP contribution is 2.47. The molecule has 2 amide bonds. The van der Waals surface area contributed by atoms with Gasteiger partial charge in [-0.25, -0.2) is 14.8 Å². The molecule has 4 aromatic carbocycles. The van der Waals surface area contributed by atoms with Crippen LogP contribution in [0.2, 0.25) is 0 Å². The number of hydroxylamine groups is 1. The summed E-state index contributed by atoms with van der Waals surface area (Å²) in [6.07, 6.45) is -0.986. The molecule has 0 saturated carbocycles. The molecule has 200 valence electrons. The van der Waals surface area contributed by atoms with E-state index in [0.29, 0.717) is 29.4 Å². The van der Waals surface area contributed by atoms with E-state index < -0.39 is 29.9 Å². The van der Waals surface area contributed by atoms with Crippen LogP contribution in [0, 0.1) is 5.92 Å². The highest BCUT2D eigenvalue weighted by Gasteiger charge is 2.60. The molecule has 2 aliphatic heterocycles. The van der Waals surface area contributed by atoms with Crippen LogP contribution in [0.15, 0.2) is 109 Å². The fraction of sp³-hybridized carbons (Fsp3) is 0.156. The maximum absolute atomic E-state index is 13.8. The number of fused-ring (bicyclic) bond motifs is 1. The molecule has 0 aliphatic carbocycles. The molecule has 0 radical (unpaired) electrons. The number of amides is 2. The fourth-order valence-corrected chi connectivity index (χ4v) is 5.14. The van der Waals surface area contributed by atoms with Gasteiger partial charge in [-0.15, -0.1) is 0 Å². The highest BCUT2D eigenvalue weighted by molar-refractivity contribution is 6.24. The number of para-hydroxylation sites is 1. The molecule has 3 atom stereocenters. The Morgan fingerprint density at radius 3 is 2.02 bits per heavy atom. The Bertz CT molecular complexity index is 1520. The summed E-state index contributed by atoms with van der Waals surface area (Å²) in [6.45, 7) is 2.40. The third-order valence-electron chi connectivity index (χ3n) is 6.97. The predicted octanol–water partition coefficient (Wildman–Crippen LogP) is 5.36. The lowest BCUT2D eigenvalue weighted by Crippen LogP contribution is -2.37. The SMILES string of the molecule is CCOc1ccc(N2C(=O)[C@@H]3[C@H](ON(c4ccccc4)[C@H]3c3ccc(OC(=O)c4ccccc4)cc3)C2=O)cc1. The van der Waals surface area contributed by atoms with E-state index in [4.69, 9.17) is 14.3 Å². The second-order valence-corrected chi connectivity index (χ2v) is 9.42. The molecular formula is C32H26N2O6. The van der Waals surface area contributed by atoms with E-state index >= 15 is 0 Å². The van der Waals surface area contributed by atoms with Crippen molar-refractivity contribution in [1.82, 2.24) is 0 Å². The summed E-state index contributed by atoms with van der Waals surface area (Å²) in [7, 11) is 0. The number of benzene rings is 4. The first-order chi connectivity index (χ1) is 19.5. The van der Waals surface area contributed by atoms with Gasteiger partial charge in [0.05, 0.1) is 29.6 Å². The quantitative estimate of drug-likeness (QED) is 0.179. The number of nitrogens with zero attached hydrogens (tertiary/aromatic N) is 2. The molecule has 0 N–H and O–H groups in total. The highest BCUT2D eigenvalue weighted by atomic mass is 16.7. The first-order valence-electron chi connectivity index (χ1n) is 13.0. The molecular weight excluding hydrogens is 508 g/mol. The zero-order chi connectivity index (χ0) is 27.6. The lowest BCUT2D eigenvalue weighted by atomic mass is 9.90. The molecule has 2 fully saturated rings. The molecule has 2 aliphatic rings. The smallest absolute Gasteiger partial charge is 0.343 e. The van der Waals surface area contributed by atoms with E-state index in [1.807, 2.05) is 43.3 Å². The number of ether oxygens (including phenoxy) is 2. The van der Waals surface area contributed by atoms with E-state index in [-0.39, 0.29) is 5.91 Å². The van der Waals surface area contributed by atoms with Crippen molar-refractivity contribution in [2.75, 3.05) is 16.6 Å². The monoisotopic (exact) mass is 534 g/mol. The Kier molecular flexibility index (Phi) is 6.76. The minimum atomic E-state index is -0.986. The topological polar surface area (TPSA) is 85.4 Å². The van der Waals surface area contributed by atoms with Crippen LogP contribution in [0.4, 0.5) is 11.4 Å². The molecule has 8 heteroatoms. The summed E-state index contributed by atoms with van der Waals surface area (Å²) in [5.74, 6) is -0.992. The lowest BCUT2D eigenvalue weighted by molar-refractivity contribution is -0.126. The van der Waals surface area contributed by atoms with Crippen molar-refractivity contribution < 1.29 is 28.7 Å². The second-order valence-electron chi connectivity index (χ2n) is 9.42. The molecule has 0 unspecified atom stereocenters. The number of esters is 1. The molecule has 0 bridgehead atoms. The Hall–Kier alpha value is -4.95. The third-order valence-corrected chi connectivity index (χ3v) is 6.97. The van der Waals surface area contributed by atoms with Crippen LogP contribution in [0.5, 0.6) is 11.5 Å². The molecule has 8 nitrogen and oxygen atoms in total. The predicted molar refractivity (Wildman–Crippen MR) is 148 cm³/mol. The normalized spacial score (nSPS) is 20.0. The largest absolute Gasteiger partial charge is 0.494 e. The summed E-state index contributed by atoms with van der Waals surface area (Å²) >= 11 is 0.